The number of hydrogen-bond acceptors (Lipinski definition) is 3. The molecule has 0 aliphatic carbocycles. The number of carboxylic acid groups (broad SMARTS) is 1. The van der Waals surface area contributed by atoms with Crippen LogP contribution in [0.5, 0.6) is 0 Å². The highest BCUT2D eigenvalue weighted by atomic mass is 16.4. The third kappa shape index (κ3) is 2.55. The summed E-state index contributed by atoms with van der Waals surface area (Å²) in [5.41, 5.74) is 0.452. The van der Waals surface area contributed by atoms with E-state index in [4.69, 9.17) is 5.11 Å². The Kier molecular flexibility index (Phi) is 3.57. The van der Waals surface area contributed by atoms with Gasteiger partial charge >= 0.3 is 11.7 Å². The zero-order valence-corrected chi connectivity index (χ0v) is 12.3. The van der Waals surface area contributed by atoms with Gasteiger partial charge in [0.2, 0.25) is 0 Å². The molecule has 0 aliphatic rings. The first-order valence-electron chi connectivity index (χ1n) is 7.06. The molecule has 0 aliphatic heterocycles. The van der Waals surface area contributed by atoms with Gasteiger partial charge in [-0.2, -0.15) is 0 Å². The Labute approximate surface area is 130 Å². The average molecular weight is 310 g/mol. The first kappa shape index (κ1) is 14.8. The third-order valence-corrected chi connectivity index (χ3v) is 3.86. The number of nitrogens with zero attached hydrogens (tertiary/aromatic N) is 1. The minimum Gasteiger partial charge on any atom is -0.478 e. The normalized spacial score (nSPS) is 12.2. The number of carbonyl (C=O) groups is 1. The zero-order chi connectivity index (χ0) is 16.6. The van der Waals surface area contributed by atoms with Gasteiger partial charge in [0, 0.05) is 0 Å². The molecule has 1 heterocycles. The summed E-state index contributed by atoms with van der Waals surface area (Å²) in [6, 6.07) is 12.4. The Morgan fingerprint density at radius 3 is 2.39 bits per heavy atom. The number of aromatic amines is 1. The largest absolute Gasteiger partial charge is 0.478 e. The van der Waals surface area contributed by atoms with Crippen LogP contribution in [0.15, 0.2) is 58.1 Å². The summed E-state index contributed by atoms with van der Waals surface area (Å²) >= 11 is 0. The Balaban J connectivity index is 2.14. The number of aromatic nitrogens is 2. The molecule has 0 saturated carbocycles. The molecule has 6 nitrogen and oxygen atoms in total. The van der Waals surface area contributed by atoms with E-state index >= 15 is 0 Å². The summed E-state index contributed by atoms with van der Waals surface area (Å²) in [5.74, 6) is -1.02. The van der Waals surface area contributed by atoms with Crippen LogP contribution >= 0.6 is 0 Å². The highest BCUT2D eigenvalue weighted by Crippen LogP contribution is 2.16. The van der Waals surface area contributed by atoms with Gasteiger partial charge in [0.25, 0.3) is 5.56 Å². The van der Waals surface area contributed by atoms with Crippen molar-refractivity contribution in [3.8, 4) is 0 Å². The molecule has 3 aromatic rings. The van der Waals surface area contributed by atoms with Crippen LogP contribution in [-0.4, -0.2) is 20.6 Å². The number of rotatable bonds is 3. The van der Waals surface area contributed by atoms with Crippen LogP contribution < -0.4 is 11.2 Å². The molecular weight excluding hydrogens is 296 g/mol. The fourth-order valence-corrected chi connectivity index (χ4v) is 2.58. The molecule has 1 atom stereocenters. The van der Waals surface area contributed by atoms with Crippen LogP contribution in [0.1, 0.15) is 28.9 Å². The molecule has 0 amide bonds. The second kappa shape index (κ2) is 5.57. The SMILES string of the molecule is CC(c1ccc(C(=O)O)cc1)n1c(=O)[nH]c2ccccc2c1=O. The van der Waals surface area contributed by atoms with E-state index in [1.165, 1.54) is 12.1 Å². The molecule has 23 heavy (non-hydrogen) atoms. The van der Waals surface area contributed by atoms with Crippen LogP contribution in [0.4, 0.5) is 0 Å². The number of nitrogens with one attached hydrogen (secondary N) is 1. The quantitative estimate of drug-likeness (QED) is 0.774. The summed E-state index contributed by atoms with van der Waals surface area (Å²) in [6.45, 7) is 1.72. The van der Waals surface area contributed by atoms with Gasteiger partial charge in [0.15, 0.2) is 0 Å². The van der Waals surface area contributed by atoms with Gasteiger partial charge in [-0.25, -0.2) is 9.59 Å². The van der Waals surface area contributed by atoms with Gasteiger partial charge in [-0.3, -0.25) is 9.36 Å². The third-order valence-electron chi connectivity index (χ3n) is 3.86. The molecular formula is C17H14N2O4. The first-order chi connectivity index (χ1) is 11.0. The van der Waals surface area contributed by atoms with Crippen LogP contribution in [-0.2, 0) is 0 Å². The minimum absolute atomic E-state index is 0.153. The standard InChI is InChI=1S/C17H14N2O4/c1-10(11-6-8-12(9-7-11)16(21)22)19-15(20)13-4-2-3-5-14(13)18-17(19)23/h2-10H,1H3,(H,18,23)(H,21,22). The van der Waals surface area contributed by atoms with Crippen LogP contribution in [0, 0.1) is 0 Å². The lowest BCUT2D eigenvalue weighted by molar-refractivity contribution is 0.0697. The lowest BCUT2D eigenvalue weighted by Crippen LogP contribution is -2.37. The molecule has 2 aromatic carbocycles. The number of carboxylic acids is 1. The second-order valence-electron chi connectivity index (χ2n) is 5.25. The Morgan fingerprint density at radius 2 is 1.74 bits per heavy atom. The van der Waals surface area contributed by atoms with E-state index in [9.17, 15) is 14.4 Å². The molecule has 3 rings (SSSR count). The lowest BCUT2D eigenvalue weighted by atomic mass is 10.1. The van der Waals surface area contributed by atoms with Crippen molar-refractivity contribution in [2.24, 2.45) is 0 Å². The summed E-state index contributed by atoms with van der Waals surface area (Å²) in [5, 5.41) is 9.36. The Morgan fingerprint density at radius 1 is 1.09 bits per heavy atom. The van der Waals surface area contributed by atoms with E-state index in [1.54, 1.807) is 43.3 Å². The fraction of sp³-hybridized carbons (Fsp3) is 0.118. The van der Waals surface area contributed by atoms with Crippen molar-refractivity contribution in [2.45, 2.75) is 13.0 Å². The van der Waals surface area contributed by atoms with Crippen molar-refractivity contribution in [3.05, 3.63) is 80.5 Å². The molecule has 0 spiro atoms. The predicted molar refractivity (Wildman–Crippen MR) is 86.0 cm³/mol. The van der Waals surface area contributed by atoms with E-state index in [1.807, 2.05) is 0 Å². The van der Waals surface area contributed by atoms with E-state index in [0.29, 0.717) is 16.5 Å². The lowest BCUT2D eigenvalue weighted by Gasteiger charge is -2.15. The monoisotopic (exact) mass is 310 g/mol. The highest BCUT2D eigenvalue weighted by Gasteiger charge is 2.15. The maximum atomic E-state index is 12.6. The number of H-pyrrole nitrogens is 1. The topological polar surface area (TPSA) is 92.2 Å². The maximum absolute atomic E-state index is 12.6. The van der Waals surface area contributed by atoms with Gasteiger partial charge < -0.3 is 10.1 Å². The molecule has 2 N–H and O–H groups in total. The predicted octanol–water partition coefficient (Wildman–Crippen LogP) is 2.00. The number of aromatic carboxylic acids is 1. The minimum atomic E-state index is -1.02. The van der Waals surface area contributed by atoms with Crippen molar-refractivity contribution < 1.29 is 9.90 Å². The van der Waals surface area contributed by atoms with Crippen molar-refractivity contribution in [1.82, 2.24) is 9.55 Å². The summed E-state index contributed by atoms with van der Waals surface area (Å²) in [4.78, 5) is 38.4. The number of fused-ring (bicyclic) bond motifs is 1. The summed E-state index contributed by atoms with van der Waals surface area (Å²) in [6.07, 6.45) is 0. The smallest absolute Gasteiger partial charge is 0.335 e. The first-order valence-corrected chi connectivity index (χ1v) is 7.06. The van der Waals surface area contributed by atoms with Gasteiger partial charge in [-0.05, 0) is 36.8 Å². The Bertz CT molecular complexity index is 1000. The summed E-state index contributed by atoms with van der Waals surface area (Å²) in [7, 11) is 0. The molecule has 0 fully saturated rings. The van der Waals surface area contributed by atoms with Crippen molar-refractivity contribution in [1.29, 1.82) is 0 Å². The number of benzene rings is 2. The van der Waals surface area contributed by atoms with E-state index in [2.05, 4.69) is 4.98 Å². The van der Waals surface area contributed by atoms with Crippen molar-refractivity contribution >= 4 is 16.9 Å². The second-order valence-corrected chi connectivity index (χ2v) is 5.25. The van der Waals surface area contributed by atoms with Crippen LogP contribution in [0.25, 0.3) is 10.9 Å². The molecule has 1 unspecified atom stereocenters. The van der Waals surface area contributed by atoms with E-state index in [0.717, 1.165) is 4.57 Å². The highest BCUT2D eigenvalue weighted by molar-refractivity contribution is 5.87. The molecule has 0 bridgehead atoms. The Hall–Kier alpha value is -3.15. The summed E-state index contributed by atoms with van der Waals surface area (Å²) < 4.78 is 1.14. The zero-order valence-electron chi connectivity index (χ0n) is 12.3. The fourth-order valence-electron chi connectivity index (χ4n) is 2.58. The molecule has 6 heteroatoms. The van der Waals surface area contributed by atoms with Crippen molar-refractivity contribution in [2.75, 3.05) is 0 Å². The number of para-hydroxylation sites is 1. The van der Waals surface area contributed by atoms with E-state index < -0.39 is 17.7 Å². The van der Waals surface area contributed by atoms with Gasteiger partial charge in [-0.1, -0.05) is 24.3 Å². The maximum Gasteiger partial charge on any atom is 0.335 e. The van der Waals surface area contributed by atoms with Gasteiger partial charge in [0.05, 0.1) is 22.5 Å². The van der Waals surface area contributed by atoms with Crippen LogP contribution in [0.3, 0.4) is 0 Å². The average Bonchev–Trinajstić information content (AvgIpc) is 2.54. The van der Waals surface area contributed by atoms with Gasteiger partial charge in [-0.15, -0.1) is 0 Å². The molecule has 116 valence electrons. The molecule has 0 radical (unpaired) electrons. The van der Waals surface area contributed by atoms with Gasteiger partial charge in [0.1, 0.15) is 0 Å². The van der Waals surface area contributed by atoms with Crippen LogP contribution in [0.2, 0.25) is 0 Å². The molecule has 0 saturated heterocycles. The van der Waals surface area contributed by atoms with E-state index in [-0.39, 0.29) is 11.1 Å². The van der Waals surface area contributed by atoms with Crippen molar-refractivity contribution in [3.63, 3.8) is 0 Å². The molecule has 1 aromatic heterocycles. The number of hydrogen-bond donors (Lipinski definition) is 2.